The molecule has 2 amide bonds. The van der Waals surface area contributed by atoms with Gasteiger partial charge in [-0.05, 0) is 12.0 Å². The van der Waals surface area contributed by atoms with Gasteiger partial charge in [0.2, 0.25) is 0 Å². The molecular formula is C16H24N4O3. The summed E-state index contributed by atoms with van der Waals surface area (Å²) in [7, 11) is 0. The Kier molecular flexibility index (Phi) is 5.27. The average Bonchev–Trinajstić information content (AvgIpc) is 2.63. The van der Waals surface area contributed by atoms with E-state index in [-0.39, 0.29) is 12.1 Å². The normalized spacial score (nSPS) is 19.7. The highest BCUT2D eigenvalue weighted by Crippen LogP contribution is 2.17. The van der Waals surface area contributed by atoms with Crippen LogP contribution in [0.25, 0.3) is 0 Å². The first-order chi connectivity index (χ1) is 11.3. The van der Waals surface area contributed by atoms with E-state index in [4.69, 9.17) is 9.47 Å². The molecule has 0 aliphatic carbocycles. The van der Waals surface area contributed by atoms with E-state index in [1.54, 1.807) is 12.4 Å². The van der Waals surface area contributed by atoms with E-state index in [2.05, 4.69) is 16.9 Å². The van der Waals surface area contributed by atoms with Gasteiger partial charge in [-0.2, -0.15) is 0 Å². The summed E-state index contributed by atoms with van der Waals surface area (Å²) < 4.78 is 11.1. The quantitative estimate of drug-likeness (QED) is 0.840. The van der Waals surface area contributed by atoms with Gasteiger partial charge in [-0.25, -0.2) is 14.8 Å². The molecule has 7 nitrogen and oxygen atoms in total. The third-order valence-corrected chi connectivity index (χ3v) is 4.36. The first-order valence-electron chi connectivity index (χ1n) is 8.35. The Morgan fingerprint density at radius 2 is 1.78 bits per heavy atom. The van der Waals surface area contributed by atoms with Crippen molar-refractivity contribution in [2.45, 2.75) is 32.3 Å². The summed E-state index contributed by atoms with van der Waals surface area (Å²) in [6.07, 6.45) is 6.24. The summed E-state index contributed by atoms with van der Waals surface area (Å²) in [5, 5.41) is 0. The minimum atomic E-state index is 0.0798. The maximum absolute atomic E-state index is 12.4. The van der Waals surface area contributed by atoms with Crippen LogP contribution in [0.2, 0.25) is 0 Å². The molecule has 2 aliphatic heterocycles. The van der Waals surface area contributed by atoms with Gasteiger partial charge in [-0.3, -0.25) is 0 Å². The minimum absolute atomic E-state index is 0.0798. The molecular weight excluding hydrogens is 296 g/mol. The van der Waals surface area contributed by atoms with Crippen molar-refractivity contribution in [2.75, 3.05) is 39.4 Å². The van der Waals surface area contributed by atoms with Gasteiger partial charge in [0.05, 0.1) is 13.2 Å². The van der Waals surface area contributed by atoms with Crippen LogP contribution in [0.1, 0.15) is 25.3 Å². The number of morpholine rings is 1. The summed E-state index contributed by atoms with van der Waals surface area (Å²) in [4.78, 5) is 24.7. The number of ether oxygens (including phenoxy) is 2. The molecule has 2 fully saturated rings. The Morgan fingerprint density at radius 1 is 1.17 bits per heavy atom. The molecule has 0 radical (unpaired) electrons. The van der Waals surface area contributed by atoms with Gasteiger partial charge >= 0.3 is 12.0 Å². The van der Waals surface area contributed by atoms with Crippen molar-refractivity contribution in [3.63, 3.8) is 0 Å². The molecule has 0 atom stereocenters. The number of aromatic nitrogens is 2. The Balaban J connectivity index is 1.46. The molecule has 23 heavy (non-hydrogen) atoms. The lowest BCUT2D eigenvalue weighted by atomic mass is 10.1. The lowest BCUT2D eigenvalue weighted by Gasteiger charge is -2.36. The Bertz CT molecular complexity index is 509. The van der Waals surface area contributed by atoms with Gasteiger partial charge in [0.1, 0.15) is 6.10 Å². The van der Waals surface area contributed by atoms with Crippen LogP contribution in [0.15, 0.2) is 12.4 Å². The monoisotopic (exact) mass is 320 g/mol. The molecule has 0 spiro atoms. The van der Waals surface area contributed by atoms with Gasteiger partial charge in [0, 0.05) is 51.4 Å². The van der Waals surface area contributed by atoms with Crippen LogP contribution in [0.3, 0.4) is 0 Å². The van der Waals surface area contributed by atoms with Gasteiger partial charge in [0.25, 0.3) is 0 Å². The third-order valence-electron chi connectivity index (χ3n) is 4.36. The Hall–Kier alpha value is -1.89. The van der Waals surface area contributed by atoms with Gasteiger partial charge in [-0.1, -0.05) is 6.92 Å². The number of rotatable bonds is 3. The number of hydrogen-bond donors (Lipinski definition) is 0. The number of hydrogen-bond acceptors (Lipinski definition) is 5. The van der Waals surface area contributed by atoms with Gasteiger partial charge in [-0.15, -0.1) is 0 Å². The molecule has 0 bridgehead atoms. The predicted octanol–water partition coefficient (Wildman–Crippen LogP) is 1.33. The molecule has 7 heteroatoms. The number of likely N-dealkylation sites (tertiary alicyclic amines) is 1. The second-order valence-corrected chi connectivity index (χ2v) is 5.91. The summed E-state index contributed by atoms with van der Waals surface area (Å²) in [5.41, 5.74) is 1.10. The van der Waals surface area contributed by atoms with Crippen LogP contribution in [0, 0.1) is 0 Å². The number of piperidine rings is 1. The van der Waals surface area contributed by atoms with Crippen LogP contribution in [-0.4, -0.2) is 71.3 Å². The van der Waals surface area contributed by atoms with Crippen molar-refractivity contribution in [1.29, 1.82) is 0 Å². The van der Waals surface area contributed by atoms with Gasteiger partial charge < -0.3 is 19.3 Å². The van der Waals surface area contributed by atoms with E-state index in [0.29, 0.717) is 45.4 Å². The van der Waals surface area contributed by atoms with E-state index in [9.17, 15) is 4.79 Å². The van der Waals surface area contributed by atoms with E-state index >= 15 is 0 Å². The van der Waals surface area contributed by atoms with Crippen molar-refractivity contribution < 1.29 is 14.3 Å². The topological polar surface area (TPSA) is 67.8 Å². The fourth-order valence-corrected chi connectivity index (χ4v) is 2.86. The van der Waals surface area contributed by atoms with E-state index in [1.165, 1.54) is 0 Å². The standard InChI is InChI=1S/C16H24N4O3/c1-2-13-11-17-15(18-12-13)23-14-3-5-19(6-4-14)16(21)20-7-9-22-10-8-20/h11-12,14H,2-10H2,1H3. The predicted molar refractivity (Wildman–Crippen MR) is 84.4 cm³/mol. The van der Waals surface area contributed by atoms with Crippen LogP contribution in [-0.2, 0) is 11.2 Å². The molecule has 1 aromatic rings. The minimum Gasteiger partial charge on any atom is -0.460 e. The number of nitrogens with zero attached hydrogens (tertiary/aromatic N) is 4. The van der Waals surface area contributed by atoms with E-state index in [0.717, 1.165) is 24.8 Å². The molecule has 3 heterocycles. The van der Waals surface area contributed by atoms with E-state index in [1.807, 2.05) is 9.80 Å². The SMILES string of the molecule is CCc1cnc(OC2CCN(C(=O)N3CCOCC3)CC2)nc1. The maximum Gasteiger partial charge on any atom is 0.320 e. The lowest BCUT2D eigenvalue weighted by molar-refractivity contribution is 0.0353. The number of urea groups is 1. The maximum atomic E-state index is 12.4. The fraction of sp³-hybridized carbons (Fsp3) is 0.688. The molecule has 0 aromatic carbocycles. The molecule has 2 saturated heterocycles. The van der Waals surface area contributed by atoms with Crippen molar-refractivity contribution in [1.82, 2.24) is 19.8 Å². The van der Waals surface area contributed by atoms with Crippen molar-refractivity contribution >= 4 is 6.03 Å². The van der Waals surface area contributed by atoms with Crippen LogP contribution >= 0.6 is 0 Å². The van der Waals surface area contributed by atoms with Crippen molar-refractivity contribution in [3.05, 3.63) is 18.0 Å². The highest BCUT2D eigenvalue weighted by Gasteiger charge is 2.28. The first kappa shape index (κ1) is 16.0. The largest absolute Gasteiger partial charge is 0.460 e. The smallest absolute Gasteiger partial charge is 0.320 e. The summed E-state index contributed by atoms with van der Waals surface area (Å²) in [5.74, 6) is 0. The zero-order chi connectivity index (χ0) is 16.1. The lowest BCUT2D eigenvalue weighted by Crippen LogP contribution is -2.51. The molecule has 2 aliphatic rings. The highest BCUT2D eigenvalue weighted by atomic mass is 16.5. The van der Waals surface area contributed by atoms with E-state index < -0.39 is 0 Å². The third kappa shape index (κ3) is 4.10. The zero-order valence-corrected chi connectivity index (χ0v) is 13.6. The molecule has 0 N–H and O–H groups in total. The number of carbonyl (C=O) groups is 1. The van der Waals surface area contributed by atoms with Crippen LogP contribution in [0.4, 0.5) is 4.79 Å². The number of carbonyl (C=O) groups excluding carboxylic acids is 1. The average molecular weight is 320 g/mol. The molecule has 3 rings (SSSR count). The molecule has 1 aromatic heterocycles. The van der Waals surface area contributed by atoms with Crippen LogP contribution in [0.5, 0.6) is 6.01 Å². The first-order valence-corrected chi connectivity index (χ1v) is 8.35. The second-order valence-electron chi connectivity index (χ2n) is 5.91. The summed E-state index contributed by atoms with van der Waals surface area (Å²) in [6, 6.07) is 0.551. The summed E-state index contributed by atoms with van der Waals surface area (Å²) in [6.45, 7) is 6.15. The molecule has 126 valence electrons. The Labute approximate surface area is 136 Å². The van der Waals surface area contributed by atoms with Crippen molar-refractivity contribution in [3.8, 4) is 6.01 Å². The number of aryl methyl sites for hydroxylation is 1. The van der Waals surface area contributed by atoms with Gasteiger partial charge in [0.15, 0.2) is 0 Å². The van der Waals surface area contributed by atoms with Crippen LogP contribution < -0.4 is 4.74 Å². The Morgan fingerprint density at radius 3 is 2.39 bits per heavy atom. The second kappa shape index (κ2) is 7.59. The van der Waals surface area contributed by atoms with Crippen molar-refractivity contribution in [2.24, 2.45) is 0 Å². The number of amides is 2. The summed E-state index contributed by atoms with van der Waals surface area (Å²) >= 11 is 0. The zero-order valence-electron chi connectivity index (χ0n) is 13.6. The molecule has 0 unspecified atom stereocenters. The fourth-order valence-electron chi connectivity index (χ4n) is 2.86. The molecule has 0 saturated carbocycles. The highest BCUT2D eigenvalue weighted by molar-refractivity contribution is 5.74.